The van der Waals surface area contributed by atoms with E-state index in [2.05, 4.69) is 43.4 Å². The molecule has 0 fully saturated rings. The smallest absolute Gasteiger partial charge is 0.0976 e. The first-order valence-electron chi connectivity index (χ1n) is 6.95. The molecule has 1 N–H and O–H groups in total. The van der Waals surface area contributed by atoms with Crippen LogP contribution in [0.2, 0.25) is 0 Å². The molecule has 0 aliphatic rings. The average molecular weight is 290 g/mol. The molecular formula is C16H22N2OS. The van der Waals surface area contributed by atoms with Gasteiger partial charge in [-0.2, -0.15) is 0 Å². The molecule has 0 saturated heterocycles. The molecule has 0 saturated carbocycles. The van der Waals surface area contributed by atoms with E-state index in [9.17, 15) is 0 Å². The molecule has 0 aliphatic heterocycles. The van der Waals surface area contributed by atoms with Crippen LogP contribution >= 0.6 is 11.3 Å². The zero-order valence-electron chi connectivity index (χ0n) is 12.4. The number of ether oxygens (including phenoxy) is 1. The lowest BCUT2D eigenvalue weighted by Gasteiger charge is -2.00. The van der Waals surface area contributed by atoms with Gasteiger partial charge in [-0.25, -0.2) is 4.98 Å². The van der Waals surface area contributed by atoms with Gasteiger partial charge in [0.25, 0.3) is 0 Å². The molecule has 1 heterocycles. The van der Waals surface area contributed by atoms with Gasteiger partial charge in [0.2, 0.25) is 0 Å². The molecule has 1 aromatic carbocycles. The van der Waals surface area contributed by atoms with Crippen LogP contribution in [0.15, 0.2) is 24.3 Å². The minimum absolute atomic E-state index is 0.588. The number of nitrogens with one attached hydrogen (secondary N) is 1. The van der Waals surface area contributed by atoms with Crippen LogP contribution in [0.1, 0.15) is 33.6 Å². The van der Waals surface area contributed by atoms with Gasteiger partial charge < -0.3 is 10.1 Å². The maximum atomic E-state index is 5.25. The predicted molar refractivity (Wildman–Crippen MR) is 84.2 cm³/mol. The van der Waals surface area contributed by atoms with Gasteiger partial charge in [-0.15, -0.1) is 11.3 Å². The number of methoxy groups -OCH3 is 1. The second-order valence-electron chi connectivity index (χ2n) is 4.86. The number of rotatable bonds is 7. The van der Waals surface area contributed by atoms with Crippen LogP contribution in [-0.4, -0.2) is 18.6 Å². The molecule has 108 valence electrons. The highest BCUT2D eigenvalue weighted by Crippen LogP contribution is 2.22. The second-order valence-corrected chi connectivity index (χ2v) is 6.02. The highest BCUT2D eigenvalue weighted by Gasteiger charge is 2.11. The van der Waals surface area contributed by atoms with E-state index in [0.29, 0.717) is 6.61 Å². The number of hydrogen-bond acceptors (Lipinski definition) is 4. The average Bonchev–Trinajstić information content (AvgIpc) is 2.79. The lowest BCUT2D eigenvalue weighted by molar-refractivity contribution is 0.181. The summed E-state index contributed by atoms with van der Waals surface area (Å²) in [4.78, 5) is 6.02. The van der Waals surface area contributed by atoms with Gasteiger partial charge in [0.15, 0.2) is 0 Å². The van der Waals surface area contributed by atoms with Crippen LogP contribution in [-0.2, 0) is 24.3 Å². The maximum absolute atomic E-state index is 5.25. The third-order valence-electron chi connectivity index (χ3n) is 3.08. The first kappa shape index (κ1) is 15.2. The molecule has 0 unspecified atom stereocenters. The summed E-state index contributed by atoms with van der Waals surface area (Å²) < 4.78 is 5.25. The Morgan fingerprint density at radius 3 is 2.90 bits per heavy atom. The fraction of sp³-hybridized carbons (Fsp3) is 0.438. The Morgan fingerprint density at radius 1 is 1.35 bits per heavy atom. The van der Waals surface area contributed by atoms with Crippen molar-refractivity contribution in [3.8, 4) is 0 Å². The summed E-state index contributed by atoms with van der Waals surface area (Å²) in [6, 6.07) is 8.61. The normalized spacial score (nSPS) is 10.9. The second kappa shape index (κ2) is 7.53. The van der Waals surface area contributed by atoms with Gasteiger partial charge in [0, 0.05) is 25.0 Å². The highest BCUT2D eigenvalue weighted by atomic mass is 32.1. The Morgan fingerprint density at radius 2 is 2.20 bits per heavy atom. The molecule has 0 radical (unpaired) electrons. The Balaban J connectivity index is 2.15. The Kier molecular flexibility index (Phi) is 5.71. The summed E-state index contributed by atoms with van der Waals surface area (Å²) in [7, 11) is 1.72. The summed E-state index contributed by atoms with van der Waals surface area (Å²) in [6.45, 7) is 6.67. The first-order valence-corrected chi connectivity index (χ1v) is 7.77. The predicted octanol–water partition coefficient (Wildman–Crippen LogP) is 3.30. The van der Waals surface area contributed by atoms with Crippen molar-refractivity contribution in [3.05, 3.63) is 51.0 Å². The highest BCUT2D eigenvalue weighted by molar-refractivity contribution is 7.11. The first-order chi connectivity index (χ1) is 9.72. The van der Waals surface area contributed by atoms with E-state index in [1.54, 1.807) is 18.4 Å². The molecule has 0 amide bonds. The zero-order valence-corrected chi connectivity index (χ0v) is 13.2. The Labute approximate surface area is 125 Å². The number of aromatic nitrogens is 1. The molecule has 2 aromatic rings. The van der Waals surface area contributed by atoms with Crippen molar-refractivity contribution >= 4 is 11.3 Å². The number of thiazole rings is 1. The van der Waals surface area contributed by atoms with Gasteiger partial charge in [0.05, 0.1) is 17.3 Å². The molecule has 0 aliphatic carbocycles. The van der Waals surface area contributed by atoms with E-state index < -0.39 is 0 Å². The lowest BCUT2D eigenvalue weighted by Crippen LogP contribution is -2.12. The van der Waals surface area contributed by atoms with Gasteiger partial charge in [-0.3, -0.25) is 0 Å². The van der Waals surface area contributed by atoms with Crippen molar-refractivity contribution in [3.63, 3.8) is 0 Å². The molecule has 1 aromatic heterocycles. The van der Waals surface area contributed by atoms with Crippen molar-refractivity contribution in [1.82, 2.24) is 10.3 Å². The SMILES string of the molecule is CCNCc1sc(Cc2cccc(C)c2)nc1COC. The lowest BCUT2D eigenvalue weighted by atomic mass is 10.1. The van der Waals surface area contributed by atoms with Crippen LogP contribution in [0.3, 0.4) is 0 Å². The van der Waals surface area contributed by atoms with Crippen molar-refractivity contribution in [2.24, 2.45) is 0 Å². The summed E-state index contributed by atoms with van der Waals surface area (Å²) in [5, 5.41) is 4.53. The van der Waals surface area contributed by atoms with Crippen molar-refractivity contribution < 1.29 is 4.74 Å². The molecule has 0 atom stereocenters. The van der Waals surface area contributed by atoms with Gasteiger partial charge in [0.1, 0.15) is 0 Å². The van der Waals surface area contributed by atoms with Crippen LogP contribution in [0.5, 0.6) is 0 Å². The largest absolute Gasteiger partial charge is 0.378 e. The third-order valence-corrected chi connectivity index (χ3v) is 4.17. The van der Waals surface area contributed by atoms with Crippen LogP contribution in [0, 0.1) is 6.92 Å². The van der Waals surface area contributed by atoms with E-state index in [1.165, 1.54) is 16.0 Å². The fourth-order valence-electron chi connectivity index (χ4n) is 2.14. The Hall–Kier alpha value is -1.23. The van der Waals surface area contributed by atoms with Crippen molar-refractivity contribution in [1.29, 1.82) is 0 Å². The zero-order chi connectivity index (χ0) is 14.4. The monoisotopic (exact) mass is 290 g/mol. The molecule has 20 heavy (non-hydrogen) atoms. The molecule has 2 rings (SSSR count). The number of nitrogens with zero attached hydrogens (tertiary/aromatic N) is 1. The minimum atomic E-state index is 0.588. The fourth-order valence-corrected chi connectivity index (χ4v) is 3.21. The topological polar surface area (TPSA) is 34.2 Å². The molecule has 0 bridgehead atoms. The van der Waals surface area contributed by atoms with E-state index >= 15 is 0 Å². The van der Waals surface area contributed by atoms with Crippen molar-refractivity contribution in [2.75, 3.05) is 13.7 Å². The van der Waals surface area contributed by atoms with Crippen LogP contribution in [0.4, 0.5) is 0 Å². The number of hydrogen-bond donors (Lipinski definition) is 1. The Bertz CT molecular complexity index is 551. The summed E-state index contributed by atoms with van der Waals surface area (Å²) in [6.07, 6.45) is 0.898. The van der Waals surface area contributed by atoms with Gasteiger partial charge in [-0.05, 0) is 19.0 Å². The van der Waals surface area contributed by atoms with E-state index in [0.717, 1.165) is 30.2 Å². The minimum Gasteiger partial charge on any atom is -0.378 e. The maximum Gasteiger partial charge on any atom is 0.0976 e. The summed E-state index contributed by atoms with van der Waals surface area (Å²) in [5.41, 5.74) is 3.68. The van der Waals surface area contributed by atoms with E-state index in [1.807, 2.05) is 0 Å². The quantitative estimate of drug-likeness (QED) is 0.849. The summed E-state index contributed by atoms with van der Waals surface area (Å²) >= 11 is 1.79. The van der Waals surface area contributed by atoms with Crippen molar-refractivity contribution in [2.45, 2.75) is 33.4 Å². The van der Waals surface area contributed by atoms with Gasteiger partial charge >= 0.3 is 0 Å². The number of aryl methyl sites for hydroxylation is 1. The molecule has 0 spiro atoms. The number of benzene rings is 1. The molecule has 3 nitrogen and oxygen atoms in total. The van der Waals surface area contributed by atoms with E-state index in [-0.39, 0.29) is 0 Å². The molecular weight excluding hydrogens is 268 g/mol. The van der Waals surface area contributed by atoms with Gasteiger partial charge in [-0.1, -0.05) is 36.8 Å². The third kappa shape index (κ3) is 4.13. The van der Waals surface area contributed by atoms with Crippen LogP contribution < -0.4 is 5.32 Å². The standard InChI is InChI=1S/C16H22N2OS/c1-4-17-10-15-14(11-19-3)18-16(20-15)9-13-7-5-6-12(2)8-13/h5-8,17H,4,9-11H2,1-3H3. The van der Waals surface area contributed by atoms with Crippen LogP contribution in [0.25, 0.3) is 0 Å². The van der Waals surface area contributed by atoms with E-state index in [4.69, 9.17) is 9.72 Å². The summed E-state index contributed by atoms with van der Waals surface area (Å²) in [5.74, 6) is 0. The molecule has 4 heteroatoms.